The minimum atomic E-state index is -2.01. The fourth-order valence-corrected chi connectivity index (χ4v) is 14.9. The van der Waals surface area contributed by atoms with Crippen LogP contribution in [-0.4, -0.2) is 232 Å². The Kier molecular flexibility index (Phi) is 39.5. The molecule has 7 rings (SSSR count). The summed E-state index contributed by atoms with van der Waals surface area (Å²) < 4.78 is 0. The molecule has 0 unspecified atom stereocenters. The number of carboxylic acids is 1. The van der Waals surface area contributed by atoms with E-state index >= 15 is 19.2 Å². The lowest BCUT2D eigenvalue weighted by molar-refractivity contribution is -0.141. The predicted octanol–water partition coefficient (Wildman–Crippen LogP) is -1.12. The number of aromatic amines is 2. The van der Waals surface area contributed by atoms with E-state index in [-0.39, 0.29) is 89.6 Å². The molecule has 0 aliphatic carbocycles. The molecule has 1 saturated heterocycles. The first-order valence-electron chi connectivity index (χ1n) is 41.5. The van der Waals surface area contributed by atoms with Crippen molar-refractivity contribution in [3.63, 3.8) is 0 Å². The Labute approximate surface area is 716 Å². The second-order valence-corrected chi connectivity index (χ2v) is 32.0. The molecule has 0 radical (unpaired) electrons. The molecule has 1 aliphatic heterocycles. The topological polar surface area (TPSA) is 624 Å². The Morgan fingerprint density at radius 2 is 0.935 bits per heavy atom. The number of aromatic nitrogens is 2. The average molecular weight is 1730 g/mol. The summed E-state index contributed by atoms with van der Waals surface area (Å²) in [5.41, 5.74) is 26.1. The molecular weight excluding hydrogens is 1610 g/mol. The van der Waals surface area contributed by atoms with Crippen LogP contribution in [0.1, 0.15) is 135 Å². The van der Waals surface area contributed by atoms with Crippen LogP contribution in [0.2, 0.25) is 0 Å². The molecule has 38 nitrogen and oxygen atoms in total. The number of amides is 14. The number of para-hydroxylation sites is 2. The number of carboxylic acid groups (broad SMARTS) is 1. The fourth-order valence-electron chi connectivity index (χ4n) is 14.0. The number of rotatable bonds is 28. The SMILES string of the molecule is CCCC[C@@H]1NC(=O)[C@H](Cc2c[nH]c3ccccc23)NC(=O)[C@H](CC(=O)O)NC(=O)[C@H](CCCNC(=N)N)NC(=O)CNC(=O)[C@H](CO)NC(=O)[C@@H]([C@@H](C)CC)NC(=O)[C@H](Cc2ccc3ccccc3c2)NC(=O)[C@H](CCCCN)NC(=O)CSC[C@@H](C(N)=O)NC(=O)[C@H](C(C)C)NC(=O)[C@H](Cc2c[nH]c3ccccc23)NC(=O)[C@@H](CCCCN)NC1=O. The number of guanidine groups is 1. The molecule has 3 heterocycles. The molecule has 6 aromatic rings. The number of hydrogen-bond donors (Lipinski definition) is 23. The molecule has 27 N–H and O–H groups in total. The van der Waals surface area contributed by atoms with Crippen LogP contribution in [0, 0.1) is 17.2 Å². The van der Waals surface area contributed by atoms with Gasteiger partial charge in [-0.3, -0.25) is 77.3 Å². The maximum atomic E-state index is 15.2. The van der Waals surface area contributed by atoms with Crippen molar-refractivity contribution in [1.82, 2.24) is 84.4 Å². The number of unbranched alkanes of at least 4 members (excludes halogenated alkanes) is 3. The number of primary amides is 1. The molecule has 14 amide bonds. The van der Waals surface area contributed by atoms with Gasteiger partial charge in [-0.2, -0.15) is 0 Å². The van der Waals surface area contributed by atoms with E-state index < -0.39 is 204 Å². The third kappa shape index (κ3) is 30.7. The van der Waals surface area contributed by atoms with Gasteiger partial charge in [-0.1, -0.05) is 133 Å². The summed E-state index contributed by atoms with van der Waals surface area (Å²) in [6.45, 7) is 6.72. The largest absolute Gasteiger partial charge is 0.481 e. The van der Waals surface area contributed by atoms with Gasteiger partial charge < -0.3 is 118 Å². The summed E-state index contributed by atoms with van der Waals surface area (Å²) >= 11 is 0.862. The van der Waals surface area contributed by atoms with Crippen molar-refractivity contribution in [2.24, 2.45) is 34.8 Å². The second kappa shape index (κ2) is 49.6. The number of carbonyl (C=O) groups is 15. The van der Waals surface area contributed by atoms with Gasteiger partial charge in [0, 0.05) is 65.8 Å². The summed E-state index contributed by atoms with van der Waals surface area (Å²) in [6, 6.07) is 8.17. The Morgan fingerprint density at radius 3 is 1.45 bits per heavy atom. The molecule has 39 heteroatoms. The van der Waals surface area contributed by atoms with Gasteiger partial charge in [0.05, 0.1) is 25.3 Å². The molecule has 0 saturated carbocycles. The van der Waals surface area contributed by atoms with E-state index in [9.17, 15) is 63.0 Å². The van der Waals surface area contributed by atoms with E-state index in [1.54, 1.807) is 101 Å². The number of hydrogen-bond acceptors (Lipinski definition) is 20. The van der Waals surface area contributed by atoms with Gasteiger partial charge in [0.1, 0.15) is 72.5 Å². The Bertz CT molecular complexity index is 4670. The molecule has 0 bridgehead atoms. The van der Waals surface area contributed by atoms with Crippen molar-refractivity contribution in [2.45, 2.75) is 210 Å². The number of thioether (sulfide) groups is 1. The van der Waals surface area contributed by atoms with Crippen LogP contribution >= 0.6 is 11.8 Å². The van der Waals surface area contributed by atoms with E-state index in [0.29, 0.717) is 70.6 Å². The number of nitrogens with two attached hydrogens (primary N) is 4. The van der Waals surface area contributed by atoms with Gasteiger partial charge >= 0.3 is 5.97 Å². The molecule has 668 valence electrons. The van der Waals surface area contributed by atoms with E-state index in [1.807, 2.05) is 37.3 Å². The number of aliphatic hydroxyl groups is 1. The van der Waals surface area contributed by atoms with Gasteiger partial charge in [0.2, 0.25) is 82.7 Å². The van der Waals surface area contributed by atoms with Gasteiger partial charge in [0.25, 0.3) is 0 Å². The number of H-pyrrole nitrogens is 2. The maximum Gasteiger partial charge on any atom is 0.305 e. The molecule has 1 fully saturated rings. The summed E-state index contributed by atoms with van der Waals surface area (Å²) in [5, 5.41) is 68.2. The molecular formula is C84H119N21O17S. The van der Waals surface area contributed by atoms with Crippen molar-refractivity contribution in [1.29, 1.82) is 5.41 Å². The zero-order valence-corrected chi connectivity index (χ0v) is 70.7. The minimum Gasteiger partial charge on any atom is -0.481 e. The highest BCUT2D eigenvalue weighted by Crippen LogP contribution is 2.24. The first kappa shape index (κ1) is 97.9. The number of aliphatic carboxylic acids is 1. The third-order valence-electron chi connectivity index (χ3n) is 21.1. The predicted molar refractivity (Wildman–Crippen MR) is 462 cm³/mol. The molecule has 13 atom stereocenters. The van der Waals surface area contributed by atoms with E-state index in [2.05, 4.69) is 84.4 Å². The van der Waals surface area contributed by atoms with Crippen molar-refractivity contribution in [3.05, 3.63) is 120 Å². The van der Waals surface area contributed by atoms with Crippen molar-refractivity contribution >= 4 is 139 Å². The number of carbonyl (C=O) groups excluding carboxylic acids is 14. The molecule has 2 aromatic heterocycles. The lowest BCUT2D eigenvalue weighted by Gasteiger charge is -2.29. The highest BCUT2D eigenvalue weighted by molar-refractivity contribution is 8.00. The molecule has 123 heavy (non-hydrogen) atoms. The maximum absolute atomic E-state index is 15.2. The van der Waals surface area contributed by atoms with Gasteiger partial charge in [-0.15, -0.1) is 11.8 Å². The number of nitrogens with one attached hydrogen (secondary N) is 17. The fraction of sp³-hybridized carbons (Fsp3) is 0.500. The Hall–Kier alpha value is -12.2. The average Bonchev–Trinajstić information content (AvgIpc) is 0.865. The van der Waals surface area contributed by atoms with Gasteiger partial charge in [-0.05, 0) is 122 Å². The molecule has 0 spiro atoms. The van der Waals surface area contributed by atoms with Crippen molar-refractivity contribution in [3.8, 4) is 0 Å². The summed E-state index contributed by atoms with van der Waals surface area (Å²) in [4.78, 5) is 223. The van der Waals surface area contributed by atoms with Gasteiger partial charge in [-0.25, -0.2) is 0 Å². The molecule has 1 aliphatic rings. The van der Waals surface area contributed by atoms with Gasteiger partial charge in [0.15, 0.2) is 5.96 Å². The zero-order chi connectivity index (χ0) is 89.8. The first-order chi connectivity index (χ1) is 58.8. The highest BCUT2D eigenvalue weighted by atomic mass is 32.2. The number of aliphatic hydroxyl groups excluding tert-OH is 1. The summed E-state index contributed by atoms with van der Waals surface area (Å²) in [6.07, 6.45) is 3.40. The van der Waals surface area contributed by atoms with E-state index in [0.717, 1.165) is 22.5 Å². The van der Waals surface area contributed by atoms with Crippen LogP contribution in [-0.2, 0) is 91.2 Å². The number of benzene rings is 4. The quantitative estimate of drug-likeness (QED) is 0.0157. The Balaban J connectivity index is 1.28. The smallest absolute Gasteiger partial charge is 0.305 e. The van der Waals surface area contributed by atoms with Crippen LogP contribution in [0.15, 0.2) is 103 Å². The first-order valence-corrected chi connectivity index (χ1v) is 42.7. The second-order valence-electron chi connectivity index (χ2n) is 31.0. The highest BCUT2D eigenvalue weighted by Gasteiger charge is 2.39. The monoisotopic (exact) mass is 1730 g/mol. The normalized spacial score (nSPS) is 23.0. The standard InChI is InChI=1S/C84H119N21O17S/c1-6-8-24-59-76(115)96-60(28-16-18-33-86)77(116)99-63(38-52-41-92-56-26-14-12-23-54(52)56)81(120)104-70(46(3)4)82(121)103-66(72(87)111)44-123-45-68(108)95-57(27-15-17-32-85)74(113)98-61(36-48-30-31-49-20-9-10-21-50(49)35-48)80(119)105-71(47(5)7-2)83(122)102-65(43-106)73(112)93-42-67(107)94-58(29-19-34-90-84(88)89)75(114)101-64(39-69(109)110)79(118)100-62(78(117)97-59)37-51-40-91-55-25-13-11-22-53(51)55/h9-14,20-23,25-26,30-31,35,40-41,46-47,57-66,70-71,91-92,106H,6-8,15-19,24,27-29,32-34,36-39,42-45,85-86H2,1-5H3,(H2,87,111)(H,93,112)(H,94,107)(H,95,108)(H,96,115)(H,97,117)(H,98,113)(H,99,116)(H,100,118)(H,101,114)(H,102,122)(H,103,121)(H,104,120)(H,105,119)(H,109,110)(H4,88,89,90)/t47-,57-,58-,59-,60+,61-,62-,63-,64-,65-,66-,70-,71+/m0/s1. The van der Waals surface area contributed by atoms with Crippen LogP contribution < -0.4 is 97.4 Å². The van der Waals surface area contributed by atoms with Crippen LogP contribution in [0.5, 0.6) is 0 Å². The van der Waals surface area contributed by atoms with E-state index in [1.165, 1.54) is 0 Å². The van der Waals surface area contributed by atoms with E-state index in [4.69, 9.17) is 28.3 Å². The minimum absolute atomic E-state index is 0.00864. The van der Waals surface area contributed by atoms with Crippen molar-refractivity contribution < 1.29 is 82.1 Å². The lowest BCUT2D eigenvalue weighted by Crippen LogP contribution is -2.61. The third-order valence-corrected chi connectivity index (χ3v) is 22.1. The van der Waals surface area contributed by atoms with Crippen molar-refractivity contribution in [2.75, 3.05) is 44.3 Å². The van der Waals surface area contributed by atoms with Crippen LogP contribution in [0.3, 0.4) is 0 Å². The summed E-state index contributed by atoms with van der Waals surface area (Å²) in [7, 11) is 0. The Morgan fingerprint density at radius 1 is 0.488 bits per heavy atom. The number of fused-ring (bicyclic) bond motifs is 3. The van der Waals surface area contributed by atoms with Crippen LogP contribution in [0.25, 0.3) is 32.6 Å². The van der Waals surface area contributed by atoms with Crippen LogP contribution in [0.4, 0.5) is 0 Å². The summed E-state index contributed by atoms with van der Waals surface area (Å²) in [5.74, 6) is -17.7. The lowest BCUT2D eigenvalue weighted by atomic mass is 9.96. The molecule has 4 aromatic carbocycles. The zero-order valence-electron chi connectivity index (χ0n) is 69.9.